The van der Waals surface area contributed by atoms with E-state index >= 15 is 0 Å². The Labute approximate surface area is 228 Å². The van der Waals surface area contributed by atoms with Crippen LogP contribution in [-0.2, 0) is 0 Å². The number of nitrogens with zero attached hydrogens (tertiary/aromatic N) is 2. The van der Waals surface area contributed by atoms with Crippen molar-refractivity contribution in [1.82, 2.24) is 9.80 Å². The van der Waals surface area contributed by atoms with Crippen LogP contribution >= 0.6 is 11.6 Å². The molecule has 1 unspecified atom stereocenters. The number of aliphatic hydroxyl groups is 1. The lowest BCUT2D eigenvalue weighted by Gasteiger charge is -2.08. The van der Waals surface area contributed by atoms with Gasteiger partial charge in [-0.05, 0) is 61.0 Å². The first-order valence-corrected chi connectivity index (χ1v) is 15.9. The predicted molar refractivity (Wildman–Crippen MR) is 163 cm³/mol. The summed E-state index contributed by atoms with van der Waals surface area (Å²) in [7, 11) is 8.64. The highest BCUT2D eigenvalue weighted by Gasteiger charge is 1.94. The summed E-state index contributed by atoms with van der Waals surface area (Å²) in [4.78, 5) is 4.56. The smallest absolute Gasteiger partial charge is 0.0647 e. The van der Waals surface area contributed by atoms with Crippen LogP contribution in [0.2, 0.25) is 0 Å². The summed E-state index contributed by atoms with van der Waals surface area (Å²) >= 11 is 5.09. The standard InChI is InChI=1S/2C14H31N.C3H7ClO/c2*1-4-5-6-7-8-9-10-11-12-13-14-15(2)3;1-3(5)2-4/h2*4-14H2,1-3H3;3,5H,2H2,1H3. The molecule has 0 aromatic carbocycles. The van der Waals surface area contributed by atoms with Gasteiger partial charge in [-0.15, -0.1) is 11.6 Å². The summed E-state index contributed by atoms with van der Waals surface area (Å²) < 4.78 is 0. The van der Waals surface area contributed by atoms with Crippen molar-refractivity contribution in [1.29, 1.82) is 0 Å². The number of rotatable bonds is 23. The van der Waals surface area contributed by atoms with Crippen molar-refractivity contribution in [2.24, 2.45) is 0 Å². The Kier molecular flexibility index (Phi) is 41.2. The molecule has 4 heteroatoms. The van der Waals surface area contributed by atoms with Gasteiger partial charge in [0, 0.05) is 5.88 Å². The van der Waals surface area contributed by atoms with E-state index in [2.05, 4.69) is 51.8 Å². The number of alkyl halides is 1. The third-order valence-corrected chi connectivity index (χ3v) is 6.59. The lowest BCUT2D eigenvalue weighted by Crippen LogP contribution is -2.12. The Morgan fingerprint density at radius 2 is 0.686 bits per heavy atom. The van der Waals surface area contributed by atoms with Gasteiger partial charge in [0.1, 0.15) is 0 Å². The summed E-state index contributed by atoms with van der Waals surface area (Å²) in [5.74, 6) is 0.333. The largest absolute Gasteiger partial charge is 0.392 e. The molecule has 0 bridgehead atoms. The minimum absolute atomic E-state index is 0.333. The van der Waals surface area contributed by atoms with Crippen LogP contribution in [0.4, 0.5) is 0 Å². The number of hydrogen-bond donors (Lipinski definition) is 1. The van der Waals surface area contributed by atoms with Gasteiger partial charge in [-0.25, -0.2) is 0 Å². The second kappa shape index (κ2) is 36.3. The molecule has 0 aromatic rings. The van der Waals surface area contributed by atoms with Gasteiger partial charge in [0.05, 0.1) is 6.10 Å². The van der Waals surface area contributed by atoms with E-state index in [1.54, 1.807) is 6.92 Å². The Morgan fingerprint density at radius 1 is 0.486 bits per heavy atom. The molecule has 1 atom stereocenters. The van der Waals surface area contributed by atoms with Crippen molar-refractivity contribution < 1.29 is 5.11 Å². The van der Waals surface area contributed by atoms with E-state index in [1.807, 2.05) is 0 Å². The molecule has 0 heterocycles. The molecule has 0 saturated heterocycles. The molecule has 0 rings (SSSR count). The summed E-state index contributed by atoms with van der Waals surface area (Å²) in [6.07, 6.45) is 28.4. The van der Waals surface area contributed by atoms with Crippen molar-refractivity contribution in [3.63, 3.8) is 0 Å². The zero-order valence-corrected chi connectivity index (χ0v) is 26.3. The average molecular weight is 521 g/mol. The molecule has 0 aromatic heterocycles. The fourth-order valence-electron chi connectivity index (χ4n) is 3.83. The number of unbranched alkanes of at least 4 members (excludes halogenated alkanes) is 18. The van der Waals surface area contributed by atoms with Gasteiger partial charge in [0.25, 0.3) is 0 Å². The summed E-state index contributed by atoms with van der Waals surface area (Å²) in [6, 6.07) is 0. The first-order valence-electron chi connectivity index (χ1n) is 15.3. The Balaban J connectivity index is -0.000000491. The molecule has 0 radical (unpaired) electrons. The highest BCUT2D eigenvalue weighted by Crippen LogP contribution is 2.11. The van der Waals surface area contributed by atoms with E-state index in [-0.39, 0.29) is 6.10 Å². The lowest BCUT2D eigenvalue weighted by molar-refractivity contribution is 0.219. The van der Waals surface area contributed by atoms with E-state index in [1.165, 1.54) is 142 Å². The number of aliphatic hydroxyl groups excluding tert-OH is 1. The summed E-state index contributed by atoms with van der Waals surface area (Å²) in [6.45, 7) is 8.73. The molecule has 0 aliphatic carbocycles. The first-order chi connectivity index (χ1) is 16.8. The zero-order chi connectivity index (χ0) is 27.0. The van der Waals surface area contributed by atoms with Gasteiger partial charge in [-0.2, -0.15) is 0 Å². The molecule has 3 nitrogen and oxygen atoms in total. The van der Waals surface area contributed by atoms with Gasteiger partial charge in [0.15, 0.2) is 0 Å². The van der Waals surface area contributed by atoms with Gasteiger partial charge in [-0.3, -0.25) is 0 Å². The van der Waals surface area contributed by atoms with E-state index in [0.717, 1.165) is 0 Å². The number of halogens is 1. The maximum Gasteiger partial charge on any atom is 0.0647 e. The summed E-state index contributed by atoms with van der Waals surface area (Å²) in [5, 5.41) is 8.23. The van der Waals surface area contributed by atoms with Crippen molar-refractivity contribution >= 4 is 11.6 Å². The molecular weight excluding hydrogens is 452 g/mol. The van der Waals surface area contributed by atoms with Gasteiger partial charge < -0.3 is 14.9 Å². The van der Waals surface area contributed by atoms with Crippen molar-refractivity contribution in [2.75, 3.05) is 47.2 Å². The third kappa shape index (κ3) is 51.6. The van der Waals surface area contributed by atoms with Crippen LogP contribution < -0.4 is 0 Å². The zero-order valence-electron chi connectivity index (χ0n) is 25.6. The minimum Gasteiger partial charge on any atom is -0.392 e. The highest BCUT2D eigenvalue weighted by molar-refractivity contribution is 6.18. The highest BCUT2D eigenvalue weighted by atomic mass is 35.5. The van der Waals surface area contributed by atoms with Crippen LogP contribution in [0.1, 0.15) is 149 Å². The Hall–Kier alpha value is 0.170. The molecule has 216 valence electrons. The van der Waals surface area contributed by atoms with E-state index < -0.39 is 0 Å². The maximum absolute atomic E-state index is 8.23. The number of hydrogen-bond acceptors (Lipinski definition) is 3. The van der Waals surface area contributed by atoms with Crippen molar-refractivity contribution in [2.45, 2.75) is 155 Å². The van der Waals surface area contributed by atoms with Crippen LogP contribution in [0.5, 0.6) is 0 Å². The third-order valence-electron chi connectivity index (χ3n) is 6.14. The molecule has 0 aliphatic rings. The van der Waals surface area contributed by atoms with Crippen LogP contribution in [0.25, 0.3) is 0 Å². The molecule has 1 N–H and O–H groups in total. The minimum atomic E-state index is -0.350. The second-order valence-electron chi connectivity index (χ2n) is 11.0. The molecule has 0 spiro atoms. The molecule has 0 amide bonds. The molecule has 0 saturated carbocycles. The van der Waals surface area contributed by atoms with E-state index in [0.29, 0.717) is 5.88 Å². The first kappa shape index (κ1) is 39.7. The molecule has 0 fully saturated rings. The summed E-state index contributed by atoms with van der Waals surface area (Å²) in [5.41, 5.74) is 0. The predicted octanol–water partition coefficient (Wildman–Crippen LogP) is 9.54. The van der Waals surface area contributed by atoms with Gasteiger partial charge >= 0.3 is 0 Å². The van der Waals surface area contributed by atoms with Gasteiger partial charge in [-0.1, -0.05) is 129 Å². The maximum atomic E-state index is 8.23. The van der Waals surface area contributed by atoms with Crippen molar-refractivity contribution in [3.05, 3.63) is 0 Å². The van der Waals surface area contributed by atoms with E-state index in [9.17, 15) is 0 Å². The Bertz CT molecular complexity index is 310. The van der Waals surface area contributed by atoms with Crippen LogP contribution in [0.3, 0.4) is 0 Å². The van der Waals surface area contributed by atoms with Gasteiger partial charge in [0.2, 0.25) is 0 Å². The normalized spacial score (nSPS) is 11.7. The fourth-order valence-corrected chi connectivity index (χ4v) is 3.83. The fraction of sp³-hybridized carbons (Fsp3) is 1.00. The topological polar surface area (TPSA) is 26.7 Å². The van der Waals surface area contributed by atoms with Crippen LogP contribution in [0.15, 0.2) is 0 Å². The van der Waals surface area contributed by atoms with E-state index in [4.69, 9.17) is 16.7 Å². The van der Waals surface area contributed by atoms with Crippen LogP contribution in [0, 0.1) is 0 Å². The molecule has 0 aliphatic heterocycles. The second-order valence-corrected chi connectivity index (χ2v) is 11.3. The SMILES string of the molecule is CC(O)CCl.CCCCCCCCCCCCN(C)C.CCCCCCCCCCCCN(C)C. The van der Waals surface area contributed by atoms with Crippen molar-refractivity contribution in [3.8, 4) is 0 Å². The Morgan fingerprint density at radius 3 is 0.857 bits per heavy atom. The quantitative estimate of drug-likeness (QED) is 0.107. The lowest BCUT2D eigenvalue weighted by atomic mass is 10.1. The monoisotopic (exact) mass is 521 g/mol. The average Bonchev–Trinajstić information content (AvgIpc) is 2.82. The van der Waals surface area contributed by atoms with Crippen LogP contribution in [-0.4, -0.2) is 68.2 Å². The molecular formula is C31H69ClN2O. The molecule has 35 heavy (non-hydrogen) atoms.